The SMILES string of the molecule is Cc1cccc(-c2nc(CC(=O)NC(CN)C3CC3)cs2)c1.Cl.Cl. The first-order valence-corrected chi connectivity index (χ1v) is 8.54. The fraction of sp³-hybridized carbons (Fsp3) is 0.412. The Morgan fingerprint density at radius 3 is 2.79 bits per heavy atom. The molecule has 3 N–H and O–H groups in total. The maximum absolute atomic E-state index is 12.1. The second-order valence-electron chi connectivity index (χ2n) is 5.94. The van der Waals surface area contributed by atoms with E-state index < -0.39 is 0 Å². The molecule has 1 heterocycles. The van der Waals surface area contributed by atoms with Crippen LogP contribution in [0.25, 0.3) is 10.6 Å². The fourth-order valence-corrected chi connectivity index (χ4v) is 3.41. The number of aryl methyl sites for hydroxylation is 1. The second kappa shape index (κ2) is 9.37. The summed E-state index contributed by atoms with van der Waals surface area (Å²) in [4.78, 5) is 16.7. The number of hydrogen-bond donors (Lipinski definition) is 2. The lowest BCUT2D eigenvalue weighted by Gasteiger charge is -2.15. The maximum atomic E-state index is 12.1. The molecule has 1 aromatic carbocycles. The van der Waals surface area contributed by atoms with Crippen molar-refractivity contribution < 1.29 is 4.79 Å². The number of nitrogens with two attached hydrogens (primary N) is 1. The van der Waals surface area contributed by atoms with E-state index in [1.165, 1.54) is 18.4 Å². The molecule has 1 aliphatic rings. The van der Waals surface area contributed by atoms with E-state index in [-0.39, 0.29) is 36.8 Å². The Morgan fingerprint density at radius 1 is 1.42 bits per heavy atom. The summed E-state index contributed by atoms with van der Waals surface area (Å²) in [5, 5.41) is 5.96. The van der Waals surface area contributed by atoms with Crippen LogP contribution in [0.15, 0.2) is 29.6 Å². The van der Waals surface area contributed by atoms with E-state index in [9.17, 15) is 4.79 Å². The molecule has 1 fully saturated rings. The van der Waals surface area contributed by atoms with Gasteiger partial charge >= 0.3 is 0 Å². The van der Waals surface area contributed by atoms with Crippen molar-refractivity contribution in [3.05, 3.63) is 40.9 Å². The number of rotatable bonds is 6. The largest absolute Gasteiger partial charge is 0.351 e. The molecule has 4 nitrogen and oxygen atoms in total. The summed E-state index contributed by atoms with van der Waals surface area (Å²) in [6.45, 7) is 2.58. The van der Waals surface area contributed by atoms with Crippen LogP contribution >= 0.6 is 36.2 Å². The highest BCUT2D eigenvalue weighted by Crippen LogP contribution is 2.32. The van der Waals surface area contributed by atoms with Crippen LogP contribution in [0.2, 0.25) is 0 Å². The van der Waals surface area contributed by atoms with E-state index >= 15 is 0 Å². The van der Waals surface area contributed by atoms with E-state index in [0.29, 0.717) is 18.9 Å². The predicted octanol–water partition coefficient (Wildman–Crippen LogP) is 3.36. The average Bonchev–Trinajstić information content (AvgIpc) is 3.24. The van der Waals surface area contributed by atoms with E-state index in [1.54, 1.807) is 11.3 Å². The second-order valence-corrected chi connectivity index (χ2v) is 6.80. The van der Waals surface area contributed by atoms with Crippen LogP contribution in [-0.2, 0) is 11.2 Å². The highest BCUT2D eigenvalue weighted by Gasteiger charge is 2.31. The first-order chi connectivity index (χ1) is 10.7. The fourth-order valence-electron chi connectivity index (χ4n) is 2.59. The van der Waals surface area contributed by atoms with Crippen LogP contribution in [0, 0.1) is 12.8 Å². The molecule has 0 spiro atoms. The zero-order valence-electron chi connectivity index (χ0n) is 13.5. The Balaban J connectivity index is 0.00000144. The van der Waals surface area contributed by atoms with Crippen LogP contribution in [-0.4, -0.2) is 23.5 Å². The van der Waals surface area contributed by atoms with Crippen molar-refractivity contribution in [3.63, 3.8) is 0 Å². The number of thiazole rings is 1. The normalized spacial score (nSPS) is 14.2. The van der Waals surface area contributed by atoms with Crippen LogP contribution in [0.3, 0.4) is 0 Å². The minimum atomic E-state index is 0. The van der Waals surface area contributed by atoms with Crippen molar-refractivity contribution in [1.29, 1.82) is 0 Å². The molecule has 132 valence electrons. The Hall–Kier alpha value is -1.14. The Morgan fingerprint density at radius 2 is 2.17 bits per heavy atom. The quantitative estimate of drug-likeness (QED) is 0.798. The molecule has 1 atom stereocenters. The van der Waals surface area contributed by atoms with Gasteiger partial charge in [-0.15, -0.1) is 36.2 Å². The lowest BCUT2D eigenvalue weighted by atomic mass is 10.1. The minimum absolute atomic E-state index is 0. The Labute approximate surface area is 159 Å². The molecule has 1 saturated carbocycles. The van der Waals surface area contributed by atoms with Crippen molar-refractivity contribution in [2.24, 2.45) is 11.7 Å². The van der Waals surface area contributed by atoms with Gasteiger partial charge < -0.3 is 11.1 Å². The minimum Gasteiger partial charge on any atom is -0.351 e. The van der Waals surface area contributed by atoms with Gasteiger partial charge in [0.15, 0.2) is 0 Å². The van der Waals surface area contributed by atoms with Gasteiger partial charge in [-0.25, -0.2) is 4.98 Å². The number of hydrogen-bond acceptors (Lipinski definition) is 4. The number of aromatic nitrogens is 1. The standard InChI is InChI=1S/C17H21N3OS.2ClH/c1-11-3-2-4-13(7-11)17-19-14(10-22-17)8-16(21)20-15(9-18)12-5-6-12;;/h2-4,7,10,12,15H,5-6,8-9,18H2,1H3,(H,20,21);2*1H. The first-order valence-electron chi connectivity index (χ1n) is 7.66. The highest BCUT2D eigenvalue weighted by atomic mass is 35.5. The molecular weight excluding hydrogens is 365 g/mol. The maximum Gasteiger partial charge on any atom is 0.226 e. The molecular formula is C17H23Cl2N3OS. The van der Waals surface area contributed by atoms with Crippen molar-refractivity contribution >= 4 is 42.1 Å². The molecule has 24 heavy (non-hydrogen) atoms. The molecule has 1 unspecified atom stereocenters. The van der Waals surface area contributed by atoms with E-state index in [0.717, 1.165) is 16.3 Å². The lowest BCUT2D eigenvalue weighted by Crippen LogP contribution is -2.42. The number of nitrogens with zero attached hydrogens (tertiary/aromatic N) is 1. The van der Waals surface area contributed by atoms with E-state index in [4.69, 9.17) is 5.73 Å². The lowest BCUT2D eigenvalue weighted by molar-refractivity contribution is -0.121. The van der Waals surface area contributed by atoms with Crippen LogP contribution in [0.5, 0.6) is 0 Å². The van der Waals surface area contributed by atoms with Gasteiger partial charge in [0, 0.05) is 23.5 Å². The molecule has 0 aliphatic heterocycles. The number of carbonyl (C=O) groups is 1. The zero-order valence-corrected chi connectivity index (χ0v) is 16.0. The van der Waals surface area contributed by atoms with Gasteiger partial charge in [0.1, 0.15) is 5.01 Å². The Bertz CT molecular complexity index is 673. The summed E-state index contributed by atoms with van der Waals surface area (Å²) in [6.07, 6.45) is 2.68. The van der Waals surface area contributed by atoms with Gasteiger partial charge in [-0.3, -0.25) is 4.79 Å². The smallest absolute Gasteiger partial charge is 0.226 e. The van der Waals surface area contributed by atoms with Crippen LogP contribution in [0.1, 0.15) is 24.1 Å². The summed E-state index contributed by atoms with van der Waals surface area (Å²) in [5.74, 6) is 0.593. The monoisotopic (exact) mass is 387 g/mol. The topological polar surface area (TPSA) is 68.0 Å². The van der Waals surface area contributed by atoms with E-state index in [1.807, 2.05) is 17.5 Å². The molecule has 0 saturated heterocycles. The third-order valence-electron chi connectivity index (χ3n) is 3.95. The van der Waals surface area contributed by atoms with Gasteiger partial charge in [0.05, 0.1) is 12.1 Å². The van der Waals surface area contributed by atoms with Crippen molar-refractivity contribution in [2.75, 3.05) is 6.54 Å². The third-order valence-corrected chi connectivity index (χ3v) is 4.89. The summed E-state index contributed by atoms with van der Waals surface area (Å²) in [7, 11) is 0. The third kappa shape index (κ3) is 5.45. The van der Waals surface area contributed by atoms with Crippen molar-refractivity contribution in [1.82, 2.24) is 10.3 Å². The van der Waals surface area contributed by atoms with Gasteiger partial charge in [0.2, 0.25) is 5.91 Å². The first kappa shape index (κ1) is 20.9. The Kier molecular flexibility index (Phi) is 8.16. The summed E-state index contributed by atoms with van der Waals surface area (Å²) in [5.41, 5.74) is 8.86. The van der Waals surface area contributed by atoms with Crippen LogP contribution < -0.4 is 11.1 Å². The van der Waals surface area contributed by atoms with Crippen molar-refractivity contribution in [3.8, 4) is 10.6 Å². The number of nitrogens with one attached hydrogen (secondary N) is 1. The average molecular weight is 388 g/mol. The molecule has 0 radical (unpaired) electrons. The summed E-state index contributed by atoms with van der Waals surface area (Å²) in [6, 6.07) is 8.38. The molecule has 1 aromatic heterocycles. The highest BCUT2D eigenvalue weighted by molar-refractivity contribution is 7.13. The molecule has 7 heteroatoms. The molecule has 2 aromatic rings. The molecule has 0 bridgehead atoms. The van der Waals surface area contributed by atoms with Gasteiger partial charge in [-0.05, 0) is 31.7 Å². The predicted molar refractivity (Wildman–Crippen MR) is 104 cm³/mol. The molecule has 1 aliphatic carbocycles. The number of halogens is 2. The van der Waals surface area contributed by atoms with E-state index in [2.05, 4.69) is 29.4 Å². The summed E-state index contributed by atoms with van der Waals surface area (Å²) < 4.78 is 0. The van der Waals surface area contributed by atoms with Gasteiger partial charge in [0.25, 0.3) is 0 Å². The summed E-state index contributed by atoms with van der Waals surface area (Å²) >= 11 is 1.58. The van der Waals surface area contributed by atoms with Gasteiger partial charge in [-0.1, -0.05) is 23.8 Å². The van der Waals surface area contributed by atoms with Crippen molar-refractivity contribution in [2.45, 2.75) is 32.2 Å². The number of amides is 1. The number of carbonyl (C=O) groups excluding carboxylic acids is 1. The molecule has 1 amide bonds. The molecule has 3 rings (SSSR count). The van der Waals surface area contributed by atoms with Crippen LogP contribution in [0.4, 0.5) is 0 Å². The van der Waals surface area contributed by atoms with Gasteiger partial charge in [-0.2, -0.15) is 0 Å². The number of benzene rings is 1. The zero-order chi connectivity index (χ0) is 15.5.